The summed E-state index contributed by atoms with van der Waals surface area (Å²) >= 11 is 0. The first-order valence-corrected chi connectivity index (χ1v) is 34.3. The summed E-state index contributed by atoms with van der Waals surface area (Å²) in [5.41, 5.74) is 9.15. The van der Waals surface area contributed by atoms with Crippen molar-refractivity contribution in [2.45, 2.75) is 233 Å². The summed E-state index contributed by atoms with van der Waals surface area (Å²) in [6, 6.07) is 1.94. The fraction of sp³-hybridized carbons (Fsp3) is 0.652. The Bertz CT molecular complexity index is 2950. The van der Waals surface area contributed by atoms with Gasteiger partial charge in [-0.05, 0) is 81.0 Å². The number of rotatable bonds is 43. The van der Waals surface area contributed by atoms with E-state index in [9.17, 15) is 74.7 Å². The monoisotopic (exact) mass is 1440 g/mol. The van der Waals surface area contributed by atoms with Gasteiger partial charge >= 0.3 is 5.97 Å². The number of amides is 5. The normalized spacial score (nSPS) is 30.2. The third-order valence-corrected chi connectivity index (χ3v) is 16.8. The van der Waals surface area contributed by atoms with E-state index in [1.807, 2.05) is 12.2 Å². The molecule has 0 aliphatic carbocycles. The highest BCUT2D eigenvalue weighted by atomic mass is 16.8. The highest BCUT2D eigenvalue weighted by Crippen LogP contribution is 2.36. The largest absolute Gasteiger partial charge is 0.492 e. The topological polar surface area (TPSA) is 486 Å². The fourth-order valence-corrected chi connectivity index (χ4v) is 11.5. The number of aliphatic hydroxyl groups excluding tert-OH is 8. The van der Waals surface area contributed by atoms with Crippen LogP contribution in [0.5, 0.6) is 5.75 Å². The maximum absolute atomic E-state index is 14.5. The van der Waals surface area contributed by atoms with Crippen molar-refractivity contribution in [1.29, 1.82) is 0 Å². The number of aliphatic carboxylic acids is 1. The Morgan fingerprint density at radius 1 is 0.578 bits per heavy atom. The van der Waals surface area contributed by atoms with Crippen molar-refractivity contribution in [1.82, 2.24) is 26.6 Å². The lowest BCUT2D eigenvalue weighted by Crippen LogP contribution is -2.71. The van der Waals surface area contributed by atoms with E-state index in [-0.39, 0.29) is 32.0 Å². The molecule has 0 radical (unpaired) electrons. The fourth-order valence-electron chi connectivity index (χ4n) is 11.5. The number of aliphatic hydroxyl groups is 8. The number of unbranched alkanes of at least 4 members (excludes halogenated alkanes) is 3. The van der Waals surface area contributed by atoms with Crippen molar-refractivity contribution in [3.63, 3.8) is 0 Å². The highest BCUT2D eigenvalue weighted by molar-refractivity contribution is 5.90. The average Bonchev–Trinajstić information content (AvgIpc) is 0.769. The second kappa shape index (κ2) is 46.6. The molecule has 1 aromatic carbocycles. The quantitative estimate of drug-likeness (QED) is 0.0140. The smallest absolute Gasteiger partial charge is 0.335 e. The van der Waals surface area contributed by atoms with E-state index in [4.69, 9.17) is 52.9 Å². The second-order valence-corrected chi connectivity index (χ2v) is 24.5. The molecule has 4 aliphatic rings. The van der Waals surface area contributed by atoms with Crippen molar-refractivity contribution in [3.05, 3.63) is 113 Å². The lowest BCUT2D eigenvalue weighted by atomic mass is 9.93. The van der Waals surface area contributed by atoms with Gasteiger partial charge in [-0.1, -0.05) is 110 Å². The van der Waals surface area contributed by atoms with Gasteiger partial charge < -0.3 is 120 Å². The van der Waals surface area contributed by atoms with E-state index in [2.05, 4.69) is 104 Å². The van der Waals surface area contributed by atoms with Crippen LogP contribution in [-0.2, 0) is 77.8 Å². The molecule has 4 heterocycles. The highest BCUT2D eigenvalue weighted by Gasteiger charge is 2.58. The van der Waals surface area contributed by atoms with Gasteiger partial charge in [-0.2, -0.15) is 0 Å². The molecule has 4 aliphatic heterocycles. The number of benzene rings is 1. The minimum absolute atomic E-state index is 0.135. The van der Waals surface area contributed by atoms with E-state index >= 15 is 0 Å². The zero-order valence-electron chi connectivity index (χ0n) is 58.2. The van der Waals surface area contributed by atoms with Crippen molar-refractivity contribution < 1.29 is 122 Å². The summed E-state index contributed by atoms with van der Waals surface area (Å²) in [4.78, 5) is 82.0. The van der Waals surface area contributed by atoms with Gasteiger partial charge in [-0.15, -0.1) is 0 Å². The maximum atomic E-state index is 14.5. The number of nitrogens with zero attached hydrogens (tertiary/aromatic N) is 3. The van der Waals surface area contributed by atoms with Crippen molar-refractivity contribution in [2.75, 3.05) is 53.7 Å². The number of ether oxygens (including phenoxy) is 10. The molecule has 21 atom stereocenters. The van der Waals surface area contributed by atoms with Crippen molar-refractivity contribution >= 4 is 35.5 Å². The first-order valence-electron chi connectivity index (χ1n) is 34.3. The zero-order chi connectivity index (χ0) is 74.5. The molecular weight excluding hydrogens is 1340 g/mol. The number of methoxy groups -OCH3 is 2. The van der Waals surface area contributed by atoms with E-state index in [0.29, 0.717) is 56.4 Å². The first kappa shape index (κ1) is 85.6. The molecule has 0 aromatic heterocycles. The molecule has 0 spiro atoms. The molecule has 33 heteroatoms. The van der Waals surface area contributed by atoms with Crippen molar-refractivity contribution in [2.24, 2.45) is 5.11 Å². The van der Waals surface area contributed by atoms with Crippen LogP contribution in [-0.4, -0.2) is 264 Å². The average molecular weight is 1450 g/mol. The molecule has 0 bridgehead atoms. The Morgan fingerprint density at radius 3 is 1.60 bits per heavy atom. The van der Waals surface area contributed by atoms with Crippen LogP contribution in [0.3, 0.4) is 0 Å². The molecule has 4 fully saturated rings. The Kier molecular flexibility index (Phi) is 39.1. The molecule has 1 aromatic rings. The number of hydrogen-bond donors (Lipinski definition) is 14. The maximum Gasteiger partial charge on any atom is 0.335 e. The Hall–Kier alpha value is -7.09. The van der Waals surface area contributed by atoms with E-state index in [0.717, 1.165) is 59.5 Å². The van der Waals surface area contributed by atoms with Crippen LogP contribution in [0.25, 0.3) is 10.4 Å². The molecule has 5 amide bonds. The second-order valence-electron chi connectivity index (χ2n) is 24.5. The number of azide groups is 1. The first-order chi connectivity index (χ1) is 49.1. The predicted molar refractivity (Wildman–Crippen MR) is 364 cm³/mol. The minimum Gasteiger partial charge on any atom is -0.492 e. The van der Waals surface area contributed by atoms with Gasteiger partial charge in [0.25, 0.3) is 5.91 Å². The van der Waals surface area contributed by atoms with Gasteiger partial charge in [0, 0.05) is 58.9 Å². The summed E-state index contributed by atoms with van der Waals surface area (Å²) in [7, 11) is 2.24. The number of allylic oxidation sites excluding steroid dienone is 12. The lowest BCUT2D eigenvalue weighted by molar-refractivity contribution is -0.371. The van der Waals surface area contributed by atoms with E-state index in [1.165, 1.54) is 7.11 Å². The standard InChI is InChI=1S/C69H104N8O25/c1-6-7-8-9-10-11-12-13-14-15-16-17-18-19-20-21-22-23-26-29-48(82)71-36-37-95-44-32-30-43(31-33-44)38-45(63(89)72-34-27-24-25-28-35-73-77-70)76-64(90)61-53(85)59(93-4)55(87)68(101-61)99-58-50(75-42(3)81)67(97-47(40-79)52(58)84)100-60-54(86)62(65(91)92)102-69(56(60)88)98-57-49(74-41(2)80)66(94-5)96-46(39-78)51(57)83/h7-8,10-11,13-14,16-17,19-20,22-23,30-33,45-47,49-62,66-69,78-79,83-88H,6,9,12,15,18,21,24-29,34-40H2,1-5H3,(H,71,82)(H,72,89)(H,74,80)(H,75,81)(H,76,90)(H,91,92)/b8-7-,11-10-,14-13-,17-16-,20-19-,23-22-/t45-,46?,47?,49?,50?,51+,52+,53-,54-,55?,56?,57+,58+,59-,60-,61?,62?,66+,67-,68+,69+/m0/s1. The van der Waals surface area contributed by atoms with Crippen LogP contribution in [0.2, 0.25) is 0 Å². The third-order valence-electron chi connectivity index (χ3n) is 16.8. The number of nitrogens with one attached hydrogen (secondary N) is 5. The Balaban J connectivity index is 1.25. The Labute approximate surface area is 592 Å². The van der Waals surface area contributed by atoms with Gasteiger partial charge in [0.05, 0.1) is 19.8 Å². The van der Waals surface area contributed by atoms with E-state index in [1.54, 1.807) is 24.3 Å². The molecule has 102 heavy (non-hydrogen) atoms. The van der Waals surface area contributed by atoms with Crippen LogP contribution >= 0.6 is 0 Å². The van der Waals surface area contributed by atoms with Crippen LogP contribution in [0, 0.1) is 0 Å². The molecule has 0 saturated carbocycles. The molecule has 4 saturated heterocycles. The van der Waals surface area contributed by atoms with Gasteiger partial charge in [0.15, 0.2) is 37.4 Å². The Morgan fingerprint density at radius 2 is 1.08 bits per heavy atom. The molecule has 570 valence electrons. The van der Waals surface area contributed by atoms with Gasteiger partial charge in [-0.25, -0.2) is 4.79 Å². The van der Waals surface area contributed by atoms with Gasteiger partial charge in [0.1, 0.15) is 104 Å². The van der Waals surface area contributed by atoms with Crippen LogP contribution in [0.1, 0.15) is 103 Å². The summed E-state index contributed by atoms with van der Waals surface area (Å²) in [5.74, 6) is -4.91. The van der Waals surface area contributed by atoms with Crippen molar-refractivity contribution in [3.8, 4) is 5.75 Å². The molecule has 14 N–H and O–H groups in total. The SMILES string of the molecule is CC/C=C\C/C=C\C/C=C\C/C=C\C/C=C\C/C=C\CCC(=O)NCCOc1ccc(C[C@H](NC(=O)C2O[C@@H](O[C@@H]3C(NC(C)=O)[C@H](O[C@@H]4C(O)[C@H](O[C@@H]5C(NC(C)=O)[C@H](OC)OC(CO)[C@H]5O)OC(C(=O)O)[C@H]4O)OC(CO)[C@H]3O)C(O)[C@@H](OC)[C@@H]2O)C(=O)NCCCCCCN=[N+]=[N-])cc1. The van der Waals surface area contributed by atoms with E-state index < -0.39 is 172 Å². The zero-order valence-corrected chi connectivity index (χ0v) is 58.2. The molecule has 33 nitrogen and oxygen atoms in total. The van der Waals surface area contributed by atoms with Crippen LogP contribution in [0.4, 0.5) is 0 Å². The number of carboxylic acids is 1. The number of carbonyl (C=O) groups excluding carboxylic acids is 5. The molecule has 5 rings (SSSR count). The lowest BCUT2D eigenvalue weighted by Gasteiger charge is -2.50. The van der Waals surface area contributed by atoms with Gasteiger partial charge in [-0.3, -0.25) is 24.0 Å². The summed E-state index contributed by atoms with van der Waals surface area (Å²) < 4.78 is 57.8. The van der Waals surface area contributed by atoms with Gasteiger partial charge in [0.2, 0.25) is 23.6 Å². The summed E-state index contributed by atoms with van der Waals surface area (Å²) in [6.07, 6.45) is -1.34. The van der Waals surface area contributed by atoms with Crippen LogP contribution in [0.15, 0.2) is 102 Å². The molecule has 8 unspecified atom stereocenters. The number of carboxylic acid groups (broad SMARTS) is 1. The number of carbonyl (C=O) groups is 6. The summed E-state index contributed by atoms with van der Waals surface area (Å²) in [5, 5.41) is 117. The minimum atomic E-state index is -2.33. The summed E-state index contributed by atoms with van der Waals surface area (Å²) in [6.45, 7) is 3.19. The predicted octanol–water partition coefficient (Wildman–Crippen LogP) is 0.634. The number of hydrogen-bond acceptors (Lipinski definition) is 25. The van der Waals surface area contributed by atoms with Crippen LogP contribution < -0.4 is 31.3 Å². The molecular formula is C69H104N8O25. The third kappa shape index (κ3) is 27.5.